The van der Waals surface area contributed by atoms with Gasteiger partial charge in [0.25, 0.3) is 0 Å². The number of carbonyl (C=O) groups is 2. The molecular weight excluding hydrogens is 390 g/mol. The van der Waals surface area contributed by atoms with Gasteiger partial charge < -0.3 is 15.1 Å². The molecule has 5 rings (SSSR count). The van der Waals surface area contributed by atoms with Gasteiger partial charge in [0.1, 0.15) is 5.52 Å². The third-order valence-electron chi connectivity index (χ3n) is 5.54. The van der Waals surface area contributed by atoms with Crippen molar-refractivity contribution in [2.75, 3.05) is 10.6 Å². The van der Waals surface area contributed by atoms with Crippen molar-refractivity contribution in [1.29, 1.82) is 0 Å². The van der Waals surface area contributed by atoms with Crippen LogP contribution >= 0.6 is 0 Å². The quantitative estimate of drug-likeness (QED) is 0.483. The van der Waals surface area contributed by atoms with Crippen molar-refractivity contribution in [2.24, 2.45) is 5.92 Å². The molecule has 0 radical (unpaired) electrons. The molecule has 1 atom stereocenters. The maximum Gasteiger partial charge on any atom is 0.227 e. The standard InChI is InChI=1S/C25H21N3O3/c29-23(14-11-18-15-17-5-1-2-6-20(17)27-24(18)30)26-19-12-9-16(10-13-19)25-28-21-7-3-4-8-22(21)31-25/h1-10,12-13,18H,11,14-15H2,(H,26,29)(H,27,30)/t18-/m0/s1. The number of nitrogens with one attached hydrogen (secondary N) is 2. The molecule has 0 aliphatic carbocycles. The highest BCUT2D eigenvalue weighted by molar-refractivity contribution is 5.96. The van der Waals surface area contributed by atoms with Crippen LogP contribution in [-0.2, 0) is 16.0 Å². The van der Waals surface area contributed by atoms with Crippen molar-refractivity contribution in [2.45, 2.75) is 19.3 Å². The van der Waals surface area contributed by atoms with Crippen LogP contribution in [0.25, 0.3) is 22.6 Å². The van der Waals surface area contributed by atoms with Gasteiger partial charge >= 0.3 is 0 Å². The number of hydrogen-bond donors (Lipinski definition) is 2. The van der Waals surface area contributed by atoms with Crippen LogP contribution in [0.3, 0.4) is 0 Å². The zero-order valence-corrected chi connectivity index (χ0v) is 16.8. The summed E-state index contributed by atoms with van der Waals surface area (Å²) in [7, 11) is 0. The van der Waals surface area contributed by atoms with Crippen LogP contribution in [0.5, 0.6) is 0 Å². The summed E-state index contributed by atoms with van der Waals surface area (Å²) in [6.45, 7) is 0. The number of oxazole rings is 1. The summed E-state index contributed by atoms with van der Waals surface area (Å²) in [5.41, 5.74) is 5.07. The first-order chi connectivity index (χ1) is 15.2. The van der Waals surface area contributed by atoms with Crippen LogP contribution < -0.4 is 10.6 Å². The first-order valence-corrected chi connectivity index (χ1v) is 10.3. The van der Waals surface area contributed by atoms with E-state index < -0.39 is 0 Å². The van der Waals surface area contributed by atoms with E-state index in [9.17, 15) is 9.59 Å². The van der Waals surface area contributed by atoms with Crippen molar-refractivity contribution in [1.82, 2.24) is 4.98 Å². The van der Waals surface area contributed by atoms with Crippen LogP contribution in [0.4, 0.5) is 11.4 Å². The number of benzene rings is 3. The molecule has 154 valence electrons. The molecule has 0 unspecified atom stereocenters. The van der Waals surface area contributed by atoms with Crippen LogP contribution in [-0.4, -0.2) is 16.8 Å². The smallest absolute Gasteiger partial charge is 0.227 e. The van der Waals surface area contributed by atoms with E-state index >= 15 is 0 Å². The van der Waals surface area contributed by atoms with E-state index in [2.05, 4.69) is 15.6 Å². The summed E-state index contributed by atoms with van der Waals surface area (Å²) in [6.07, 6.45) is 1.45. The molecule has 0 fully saturated rings. The zero-order valence-electron chi connectivity index (χ0n) is 16.8. The van der Waals surface area contributed by atoms with E-state index in [0.717, 1.165) is 27.9 Å². The zero-order chi connectivity index (χ0) is 21.2. The number of hydrogen-bond acceptors (Lipinski definition) is 4. The first-order valence-electron chi connectivity index (χ1n) is 10.3. The maximum atomic E-state index is 12.4. The summed E-state index contributed by atoms with van der Waals surface area (Å²) < 4.78 is 5.78. The van der Waals surface area contributed by atoms with Crippen molar-refractivity contribution < 1.29 is 14.0 Å². The second kappa shape index (κ2) is 8.07. The Morgan fingerprint density at radius 1 is 1.03 bits per heavy atom. The summed E-state index contributed by atoms with van der Waals surface area (Å²) >= 11 is 0. The van der Waals surface area contributed by atoms with Crippen LogP contribution in [0, 0.1) is 5.92 Å². The molecule has 0 saturated carbocycles. The van der Waals surface area contributed by atoms with E-state index in [0.29, 0.717) is 24.4 Å². The van der Waals surface area contributed by atoms with Crippen LogP contribution in [0.2, 0.25) is 0 Å². The number of aromatic nitrogens is 1. The Morgan fingerprint density at radius 2 is 1.81 bits per heavy atom. The average molecular weight is 411 g/mol. The molecular formula is C25H21N3O3. The lowest BCUT2D eigenvalue weighted by molar-refractivity contribution is -0.121. The largest absolute Gasteiger partial charge is 0.436 e. The number of para-hydroxylation sites is 3. The van der Waals surface area contributed by atoms with Crippen LogP contribution in [0.1, 0.15) is 18.4 Å². The molecule has 6 nitrogen and oxygen atoms in total. The average Bonchev–Trinajstić information content (AvgIpc) is 3.22. The van der Waals surface area contributed by atoms with Crippen molar-refractivity contribution in [3.05, 3.63) is 78.4 Å². The first kappa shape index (κ1) is 19.1. The molecule has 0 saturated heterocycles. The molecule has 2 amide bonds. The Bertz CT molecular complexity index is 1230. The lowest BCUT2D eigenvalue weighted by Gasteiger charge is -2.24. The maximum absolute atomic E-state index is 12.4. The molecule has 2 heterocycles. The summed E-state index contributed by atoms with van der Waals surface area (Å²) in [6, 6.07) is 22.8. The predicted molar refractivity (Wildman–Crippen MR) is 120 cm³/mol. The SMILES string of the molecule is O=C(CC[C@H]1Cc2ccccc2NC1=O)Nc1ccc(-c2nc3ccccc3o2)cc1. The van der Waals surface area contributed by atoms with Gasteiger partial charge in [-0.2, -0.15) is 0 Å². The van der Waals surface area contributed by atoms with Gasteiger partial charge in [0.2, 0.25) is 17.7 Å². The highest BCUT2D eigenvalue weighted by Crippen LogP contribution is 2.28. The van der Waals surface area contributed by atoms with Gasteiger partial charge in [-0.05, 0) is 60.9 Å². The topological polar surface area (TPSA) is 84.2 Å². The molecule has 3 aromatic carbocycles. The predicted octanol–water partition coefficient (Wildman–Crippen LogP) is 5.02. The van der Waals surface area contributed by atoms with Crippen molar-refractivity contribution >= 4 is 34.3 Å². The normalized spacial score (nSPS) is 15.4. The number of fused-ring (bicyclic) bond motifs is 2. The molecule has 1 aromatic heterocycles. The number of rotatable bonds is 5. The van der Waals surface area contributed by atoms with E-state index in [1.807, 2.05) is 72.8 Å². The van der Waals surface area contributed by atoms with Gasteiger partial charge in [-0.15, -0.1) is 0 Å². The number of nitrogens with zero attached hydrogens (tertiary/aromatic N) is 1. The molecule has 0 spiro atoms. The van der Waals surface area contributed by atoms with Gasteiger partial charge in [-0.1, -0.05) is 30.3 Å². The molecule has 4 aromatic rings. The van der Waals surface area contributed by atoms with E-state index in [4.69, 9.17) is 4.42 Å². The van der Waals surface area contributed by atoms with E-state index in [1.165, 1.54) is 0 Å². The summed E-state index contributed by atoms with van der Waals surface area (Å²) in [5, 5.41) is 5.83. The fraction of sp³-hybridized carbons (Fsp3) is 0.160. The monoisotopic (exact) mass is 411 g/mol. The minimum Gasteiger partial charge on any atom is -0.436 e. The summed E-state index contributed by atoms with van der Waals surface area (Å²) in [4.78, 5) is 29.2. The third-order valence-corrected chi connectivity index (χ3v) is 5.54. The van der Waals surface area contributed by atoms with Gasteiger partial charge in [-0.25, -0.2) is 4.98 Å². The molecule has 0 bridgehead atoms. The second-order valence-corrected chi connectivity index (χ2v) is 7.70. The van der Waals surface area contributed by atoms with Gasteiger partial charge in [0.05, 0.1) is 0 Å². The lowest BCUT2D eigenvalue weighted by atomic mass is 9.89. The van der Waals surface area contributed by atoms with Gasteiger partial charge in [0.15, 0.2) is 5.58 Å². The van der Waals surface area contributed by atoms with Crippen molar-refractivity contribution in [3.8, 4) is 11.5 Å². The summed E-state index contributed by atoms with van der Waals surface area (Å²) in [5.74, 6) is 0.223. The second-order valence-electron chi connectivity index (χ2n) is 7.70. The highest BCUT2D eigenvalue weighted by atomic mass is 16.3. The Labute approximate surface area is 179 Å². The molecule has 6 heteroatoms. The fourth-order valence-electron chi connectivity index (χ4n) is 3.87. The van der Waals surface area contributed by atoms with E-state index in [-0.39, 0.29) is 24.2 Å². The lowest BCUT2D eigenvalue weighted by Crippen LogP contribution is -2.30. The Hall–Kier alpha value is -3.93. The number of amides is 2. The van der Waals surface area contributed by atoms with Gasteiger partial charge in [0, 0.05) is 29.3 Å². The van der Waals surface area contributed by atoms with Gasteiger partial charge in [-0.3, -0.25) is 9.59 Å². The Morgan fingerprint density at radius 3 is 2.65 bits per heavy atom. The van der Waals surface area contributed by atoms with Crippen molar-refractivity contribution in [3.63, 3.8) is 0 Å². The third kappa shape index (κ3) is 4.05. The molecule has 1 aliphatic heterocycles. The molecule has 1 aliphatic rings. The van der Waals surface area contributed by atoms with E-state index in [1.54, 1.807) is 0 Å². The number of anilines is 2. The highest BCUT2D eigenvalue weighted by Gasteiger charge is 2.26. The minimum absolute atomic E-state index is 0.0193. The molecule has 31 heavy (non-hydrogen) atoms. The Balaban J connectivity index is 1.19. The van der Waals surface area contributed by atoms with Crippen LogP contribution in [0.15, 0.2) is 77.2 Å². The Kier molecular flexibility index (Phi) is 4.96. The molecule has 2 N–H and O–H groups in total. The fourth-order valence-corrected chi connectivity index (χ4v) is 3.87. The minimum atomic E-state index is -0.192. The number of carbonyl (C=O) groups excluding carboxylic acids is 2.